The SMILES string of the molecule is CC(Cc1cc(Br)ccc1S(C)(=O)=O)C(=O)O. The van der Waals surface area contributed by atoms with Crippen LogP contribution in [-0.4, -0.2) is 25.7 Å². The zero-order valence-corrected chi connectivity index (χ0v) is 11.9. The van der Waals surface area contributed by atoms with Crippen LogP contribution < -0.4 is 0 Å². The Morgan fingerprint density at radius 2 is 2.06 bits per heavy atom. The van der Waals surface area contributed by atoms with Gasteiger partial charge in [0.25, 0.3) is 0 Å². The average molecular weight is 321 g/mol. The predicted molar refractivity (Wildman–Crippen MR) is 67.8 cm³/mol. The van der Waals surface area contributed by atoms with Crippen molar-refractivity contribution in [2.75, 3.05) is 6.26 Å². The number of carboxylic acid groups (broad SMARTS) is 1. The molecule has 0 saturated carbocycles. The fourth-order valence-corrected chi connectivity index (χ4v) is 2.83. The van der Waals surface area contributed by atoms with E-state index in [1.807, 2.05) is 0 Å². The van der Waals surface area contributed by atoms with Crippen molar-refractivity contribution < 1.29 is 18.3 Å². The largest absolute Gasteiger partial charge is 0.481 e. The Bertz CT molecular complexity index is 536. The van der Waals surface area contributed by atoms with E-state index in [4.69, 9.17) is 5.11 Å². The minimum Gasteiger partial charge on any atom is -0.481 e. The third-order valence-corrected chi connectivity index (χ3v) is 4.06. The number of benzene rings is 1. The Hall–Kier alpha value is -0.880. The minimum atomic E-state index is -3.34. The minimum absolute atomic E-state index is 0.189. The quantitative estimate of drug-likeness (QED) is 0.922. The van der Waals surface area contributed by atoms with Crippen molar-refractivity contribution in [1.82, 2.24) is 0 Å². The molecule has 0 aromatic heterocycles. The maximum absolute atomic E-state index is 11.6. The number of carboxylic acids is 1. The van der Waals surface area contributed by atoms with Gasteiger partial charge in [-0.2, -0.15) is 0 Å². The molecule has 0 radical (unpaired) electrons. The van der Waals surface area contributed by atoms with Crippen molar-refractivity contribution in [3.8, 4) is 0 Å². The van der Waals surface area contributed by atoms with Gasteiger partial charge in [0.05, 0.1) is 10.8 Å². The first kappa shape index (κ1) is 14.2. The Balaban J connectivity index is 3.22. The number of hydrogen-bond donors (Lipinski definition) is 1. The molecule has 1 atom stereocenters. The molecule has 1 rings (SSSR count). The van der Waals surface area contributed by atoms with Crippen molar-refractivity contribution in [1.29, 1.82) is 0 Å². The molecule has 1 aromatic carbocycles. The molecule has 0 spiro atoms. The van der Waals surface area contributed by atoms with Gasteiger partial charge in [-0.05, 0) is 30.2 Å². The van der Waals surface area contributed by atoms with Crippen LogP contribution in [0.3, 0.4) is 0 Å². The van der Waals surface area contributed by atoms with E-state index in [1.165, 1.54) is 6.07 Å². The molecular formula is C11H13BrO4S. The molecule has 6 heteroatoms. The summed E-state index contributed by atoms with van der Waals surface area (Å²) in [5.41, 5.74) is 0.525. The van der Waals surface area contributed by atoms with Crippen LogP contribution in [0.4, 0.5) is 0 Å². The van der Waals surface area contributed by atoms with E-state index < -0.39 is 21.7 Å². The van der Waals surface area contributed by atoms with Gasteiger partial charge in [-0.1, -0.05) is 22.9 Å². The van der Waals surface area contributed by atoms with Gasteiger partial charge in [-0.15, -0.1) is 0 Å². The summed E-state index contributed by atoms with van der Waals surface area (Å²) in [7, 11) is -3.34. The molecule has 1 unspecified atom stereocenters. The lowest BCUT2D eigenvalue weighted by molar-refractivity contribution is -0.141. The number of aliphatic carboxylic acids is 1. The Kier molecular flexibility index (Phi) is 4.32. The summed E-state index contributed by atoms with van der Waals surface area (Å²) in [6.45, 7) is 1.55. The normalized spacial score (nSPS) is 13.4. The number of rotatable bonds is 4. The van der Waals surface area contributed by atoms with Crippen LogP contribution >= 0.6 is 15.9 Å². The summed E-state index contributed by atoms with van der Waals surface area (Å²) in [6, 6.07) is 4.77. The van der Waals surface area contributed by atoms with Gasteiger partial charge in [0.2, 0.25) is 0 Å². The Labute approximate surface area is 109 Å². The monoisotopic (exact) mass is 320 g/mol. The van der Waals surface area contributed by atoms with Gasteiger partial charge in [0.15, 0.2) is 9.84 Å². The lowest BCUT2D eigenvalue weighted by Crippen LogP contribution is -2.14. The van der Waals surface area contributed by atoms with Crippen LogP contribution in [-0.2, 0) is 21.1 Å². The maximum Gasteiger partial charge on any atom is 0.306 e. The molecule has 0 heterocycles. The predicted octanol–water partition coefficient (Wildman–Crippen LogP) is 2.12. The number of sulfone groups is 1. The molecule has 0 amide bonds. The van der Waals surface area contributed by atoms with E-state index in [0.29, 0.717) is 5.56 Å². The van der Waals surface area contributed by atoms with Crippen molar-refractivity contribution in [3.63, 3.8) is 0 Å². The van der Waals surface area contributed by atoms with Crippen LogP contribution in [0.2, 0.25) is 0 Å². The highest BCUT2D eigenvalue weighted by Gasteiger charge is 2.18. The Morgan fingerprint density at radius 3 is 2.53 bits per heavy atom. The lowest BCUT2D eigenvalue weighted by atomic mass is 10.0. The second kappa shape index (κ2) is 5.18. The molecule has 0 aliphatic heterocycles. The van der Waals surface area contributed by atoms with E-state index in [9.17, 15) is 13.2 Å². The first-order chi connectivity index (χ1) is 7.71. The molecule has 94 valence electrons. The summed E-state index contributed by atoms with van der Waals surface area (Å²) in [4.78, 5) is 11.0. The molecule has 17 heavy (non-hydrogen) atoms. The number of carbonyl (C=O) groups is 1. The van der Waals surface area contributed by atoms with E-state index in [-0.39, 0.29) is 11.3 Å². The standard InChI is InChI=1S/C11H13BrO4S/c1-7(11(13)14)5-8-6-9(12)3-4-10(8)17(2,15)16/h3-4,6-7H,5H2,1-2H3,(H,13,14). The smallest absolute Gasteiger partial charge is 0.306 e. The zero-order chi connectivity index (χ0) is 13.2. The van der Waals surface area contributed by atoms with Crippen LogP contribution in [0.1, 0.15) is 12.5 Å². The molecular weight excluding hydrogens is 308 g/mol. The molecule has 0 aliphatic carbocycles. The fourth-order valence-electron chi connectivity index (χ4n) is 1.49. The second-order valence-electron chi connectivity index (χ2n) is 3.97. The van der Waals surface area contributed by atoms with Crippen LogP contribution in [0.5, 0.6) is 0 Å². The van der Waals surface area contributed by atoms with Crippen molar-refractivity contribution in [2.24, 2.45) is 5.92 Å². The topological polar surface area (TPSA) is 71.4 Å². The summed E-state index contributed by atoms with van der Waals surface area (Å²) in [6.07, 6.45) is 1.31. The molecule has 1 aromatic rings. The van der Waals surface area contributed by atoms with Crippen molar-refractivity contribution in [2.45, 2.75) is 18.2 Å². The van der Waals surface area contributed by atoms with Gasteiger partial charge in [0, 0.05) is 10.7 Å². The lowest BCUT2D eigenvalue weighted by Gasteiger charge is -2.11. The second-order valence-corrected chi connectivity index (χ2v) is 6.87. The maximum atomic E-state index is 11.6. The van der Waals surface area contributed by atoms with Crippen molar-refractivity contribution >= 4 is 31.7 Å². The van der Waals surface area contributed by atoms with Crippen LogP contribution in [0, 0.1) is 5.92 Å². The van der Waals surface area contributed by atoms with Crippen LogP contribution in [0.25, 0.3) is 0 Å². The number of hydrogen-bond acceptors (Lipinski definition) is 3. The third kappa shape index (κ3) is 3.81. The van der Waals surface area contributed by atoms with E-state index in [0.717, 1.165) is 10.7 Å². The van der Waals surface area contributed by atoms with E-state index >= 15 is 0 Å². The number of halogens is 1. The van der Waals surface area contributed by atoms with Gasteiger partial charge in [0.1, 0.15) is 0 Å². The average Bonchev–Trinajstić information content (AvgIpc) is 2.15. The summed E-state index contributed by atoms with van der Waals surface area (Å²) in [5.74, 6) is -1.56. The Morgan fingerprint density at radius 1 is 1.47 bits per heavy atom. The van der Waals surface area contributed by atoms with Crippen LogP contribution in [0.15, 0.2) is 27.6 Å². The van der Waals surface area contributed by atoms with Gasteiger partial charge in [-0.25, -0.2) is 8.42 Å². The molecule has 4 nitrogen and oxygen atoms in total. The zero-order valence-electron chi connectivity index (χ0n) is 9.47. The summed E-state index contributed by atoms with van der Waals surface area (Å²) in [5, 5.41) is 8.85. The van der Waals surface area contributed by atoms with E-state index in [1.54, 1.807) is 19.1 Å². The summed E-state index contributed by atoms with van der Waals surface area (Å²) < 4.78 is 23.8. The molecule has 0 fully saturated rings. The highest BCUT2D eigenvalue weighted by atomic mass is 79.9. The highest BCUT2D eigenvalue weighted by molar-refractivity contribution is 9.10. The first-order valence-corrected chi connectivity index (χ1v) is 7.61. The van der Waals surface area contributed by atoms with Crippen molar-refractivity contribution in [3.05, 3.63) is 28.2 Å². The van der Waals surface area contributed by atoms with Gasteiger partial charge in [-0.3, -0.25) is 4.79 Å². The highest BCUT2D eigenvalue weighted by Crippen LogP contribution is 2.23. The van der Waals surface area contributed by atoms with E-state index in [2.05, 4.69) is 15.9 Å². The molecule has 0 saturated heterocycles. The summed E-state index contributed by atoms with van der Waals surface area (Å²) >= 11 is 3.25. The molecule has 0 aliphatic rings. The fraction of sp³-hybridized carbons (Fsp3) is 0.364. The molecule has 1 N–H and O–H groups in total. The molecule has 0 bridgehead atoms. The van der Waals surface area contributed by atoms with Gasteiger partial charge >= 0.3 is 5.97 Å². The van der Waals surface area contributed by atoms with Gasteiger partial charge < -0.3 is 5.11 Å². The third-order valence-electron chi connectivity index (χ3n) is 2.37. The first-order valence-electron chi connectivity index (χ1n) is 4.93.